The summed E-state index contributed by atoms with van der Waals surface area (Å²) in [6, 6.07) is 13.2. The summed E-state index contributed by atoms with van der Waals surface area (Å²) in [5.74, 6) is 0.513. The van der Waals surface area contributed by atoms with Crippen molar-refractivity contribution >= 4 is 5.65 Å². The predicted molar refractivity (Wildman–Crippen MR) is 100 cm³/mol. The van der Waals surface area contributed by atoms with Crippen molar-refractivity contribution in [3.05, 3.63) is 66.4 Å². The lowest BCUT2D eigenvalue weighted by molar-refractivity contribution is 0.681. The molecule has 4 aromatic rings. The Morgan fingerprint density at radius 1 is 1.00 bits per heavy atom. The van der Waals surface area contributed by atoms with Crippen molar-refractivity contribution in [2.75, 3.05) is 6.54 Å². The molecule has 4 heterocycles. The maximum Gasteiger partial charge on any atom is 0.146 e. The number of imidazole rings is 1. The van der Waals surface area contributed by atoms with Crippen LogP contribution in [0.4, 0.5) is 0 Å². The second kappa shape index (κ2) is 6.62. The molecule has 26 heavy (non-hydrogen) atoms. The molecule has 1 unspecified atom stereocenters. The zero-order valence-electron chi connectivity index (χ0n) is 14.4. The Labute approximate surface area is 150 Å². The Morgan fingerprint density at radius 3 is 2.69 bits per heavy atom. The Kier molecular flexibility index (Phi) is 4.16. The quantitative estimate of drug-likeness (QED) is 0.586. The molecule has 0 aliphatic heterocycles. The van der Waals surface area contributed by atoms with Crippen LogP contribution in [0.15, 0.2) is 54.9 Å². The molecule has 0 aromatic carbocycles. The molecule has 0 amide bonds. The summed E-state index contributed by atoms with van der Waals surface area (Å²) in [6.45, 7) is 2.24. The summed E-state index contributed by atoms with van der Waals surface area (Å²) in [5, 5.41) is 0. The Hall–Kier alpha value is -3.16. The molecular weight excluding hydrogens is 326 g/mol. The molecule has 130 valence electrons. The van der Waals surface area contributed by atoms with Crippen LogP contribution in [-0.4, -0.2) is 30.9 Å². The van der Waals surface area contributed by atoms with Gasteiger partial charge in [-0.25, -0.2) is 15.0 Å². The molecule has 7 nitrogen and oxygen atoms in total. The van der Waals surface area contributed by atoms with Gasteiger partial charge >= 0.3 is 0 Å². The molecule has 4 aromatic heterocycles. The SMILES string of the molecule is Cc1cccc(-c2nc3ccccn3c2-c2ccnc(C(N)CN)n2)n1. The maximum absolute atomic E-state index is 6.01. The normalized spacial score (nSPS) is 12.4. The van der Waals surface area contributed by atoms with E-state index in [0.29, 0.717) is 5.82 Å². The minimum Gasteiger partial charge on any atom is -0.328 e. The van der Waals surface area contributed by atoms with Gasteiger partial charge in [-0.15, -0.1) is 0 Å². The highest BCUT2D eigenvalue weighted by Gasteiger charge is 2.19. The van der Waals surface area contributed by atoms with Crippen LogP contribution < -0.4 is 11.5 Å². The standard InChI is InChI=1S/C19H19N7/c1-12-5-4-6-14(23-12)17-18(26-10-3-2-7-16(26)25-17)15-8-9-22-19(24-15)13(21)11-20/h2-10,13H,11,20-21H2,1H3. The highest BCUT2D eigenvalue weighted by molar-refractivity contribution is 5.78. The first-order valence-electron chi connectivity index (χ1n) is 8.37. The van der Waals surface area contributed by atoms with Crippen molar-refractivity contribution in [3.8, 4) is 22.8 Å². The lowest BCUT2D eigenvalue weighted by Crippen LogP contribution is -2.23. The van der Waals surface area contributed by atoms with E-state index in [4.69, 9.17) is 16.5 Å². The number of rotatable bonds is 4. The van der Waals surface area contributed by atoms with E-state index in [2.05, 4.69) is 15.0 Å². The monoisotopic (exact) mass is 345 g/mol. The fourth-order valence-electron chi connectivity index (χ4n) is 2.88. The largest absolute Gasteiger partial charge is 0.328 e. The average Bonchev–Trinajstić information content (AvgIpc) is 3.07. The number of aromatic nitrogens is 5. The van der Waals surface area contributed by atoms with Gasteiger partial charge in [0, 0.05) is 24.6 Å². The fraction of sp³-hybridized carbons (Fsp3) is 0.158. The number of aryl methyl sites for hydroxylation is 1. The predicted octanol–water partition coefficient (Wildman–Crippen LogP) is 2.12. The average molecular weight is 345 g/mol. The fourth-order valence-corrected chi connectivity index (χ4v) is 2.88. The zero-order chi connectivity index (χ0) is 18.1. The number of nitrogens with zero attached hydrogens (tertiary/aromatic N) is 5. The van der Waals surface area contributed by atoms with E-state index in [-0.39, 0.29) is 6.54 Å². The van der Waals surface area contributed by atoms with Crippen LogP contribution in [-0.2, 0) is 0 Å². The van der Waals surface area contributed by atoms with Crippen LogP contribution in [0.5, 0.6) is 0 Å². The van der Waals surface area contributed by atoms with Crippen LogP contribution in [0.1, 0.15) is 17.6 Å². The third kappa shape index (κ3) is 2.83. The highest BCUT2D eigenvalue weighted by atomic mass is 15.1. The van der Waals surface area contributed by atoms with Crippen molar-refractivity contribution in [3.63, 3.8) is 0 Å². The highest BCUT2D eigenvalue weighted by Crippen LogP contribution is 2.31. The van der Waals surface area contributed by atoms with E-state index >= 15 is 0 Å². The number of nitrogens with two attached hydrogens (primary N) is 2. The molecule has 0 aliphatic rings. The van der Waals surface area contributed by atoms with Gasteiger partial charge in [0.2, 0.25) is 0 Å². The molecule has 1 atom stereocenters. The third-order valence-electron chi connectivity index (χ3n) is 4.16. The number of fused-ring (bicyclic) bond motifs is 1. The van der Waals surface area contributed by atoms with Crippen molar-refractivity contribution in [2.45, 2.75) is 13.0 Å². The minimum absolute atomic E-state index is 0.281. The molecule has 0 saturated carbocycles. The number of hydrogen-bond donors (Lipinski definition) is 2. The van der Waals surface area contributed by atoms with Crippen LogP contribution in [0, 0.1) is 6.92 Å². The summed E-state index contributed by atoms with van der Waals surface area (Å²) in [4.78, 5) is 18.3. The van der Waals surface area contributed by atoms with E-state index in [0.717, 1.165) is 34.1 Å². The van der Waals surface area contributed by atoms with Crippen LogP contribution in [0.2, 0.25) is 0 Å². The lowest BCUT2D eigenvalue weighted by Gasteiger charge is -2.10. The van der Waals surface area contributed by atoms with Gasteiger partial charge in [-0.05, 0) is 37.3 Å². The lowest BCUT2D eigenvalue weighted by atomic mass is 10.1. The van der Waals surface area contributed by atoms with Crippen LogP contribution >= 0.6 is 0 Å². The summed E-state index contributed by atoms with van der Waals surface area (Å²) < 4.78 is 2.00. The second-order valence-electron chi connectivity index (χ2n) is 6.04. The summed E-state index contributed by atoms with van der Waals surface area (Å²) in [6.07, 6.45) is 3.66. The third-order valence-corrected chi connectivity index (χ3v) is 4.16. The summed E-state index contributed by atoms with van der Waals surface area (Å²) in [7, 11) is 0. The molecule has 4 rings (SSSR count). The van der Waals surface area contributed by atoms with Gasteiger partial charge in [-0.2, -0.15) is 0 Å². The van der Waals surface area contributed by atoms with Gasteiger partial charge in [0.15, 0.2) is 0 Å². The molecule has 0 aliphatic carbocycles. The van der Waals surface area contributed by atoms with Crippen LogP contribution in [0.3, 0.4) is 0 Å². The van der Waals surface area contributed by atoms with Gasteiger partial charge in [-0.1, -0.05) is 12.1 Å². The van der Waals surface area contributed by atoms with E-state index in [9.17, 15) is 0 Å². The van der Waals surface area contributed by atoms with Crippen molar-refractivity contribution in [2.24, 2.45) is 11.5 Å². The van der Waals surface area contributed by atoms with Crippen molar-refractivity contribution < 1.29 is 0 Å². The summed E-state index contributed by atoms with van der Waals surface area (Å²) >= 11 is 0. The van der Waals surface area contributed by atoms with E-state index < -0.39 is 6.04 Å². The first-order valence-corrected chi connectivity index (χ1v) is 8.37. The van der Waals surface area contributed by atoms with E-state index in [1.807, 2.05) is 60.0 Å². The number of pyridine rings is 2. The Morgan fingerprint density at radius 2 is 1.88 bits per heavy atom. The van der Waals surface area contributed by atoms with Crippen molar-refractivity contribution in [1.82, 2.24) is 24.3 Å². The molecule has 0 radical (unpaired) electrons. The maximum atomic E-state index is 6.01. The molecule has 0 fully saturated rings. The van der Waals surface area contributed by atoms with Gasteiger partial charge in [-0.3, -0.25) is 9.38 Å². The molecule has 0 spiro atoms. The first-order chi connectivity index (χ1) is 12.7. The van der Waals surface area contributed by atoms with Gasteiger partial charge in [0.05, 0.1) is 17.4 Å². The molecular formula is C19H19N7. The topological polar surface area (TPSA) is 108 Å². The Balaban J connectivity index is 1.98. The molecule has 0 saturated heterocycles. The second-order valence-corrected chi connectivity index (χ2v) is 6.04. The first kappa shape index (κ1) is 16.3. The van der Waals surface area contributed by atoms with Crippen molar-refractivity contribution in [1.29, 1.82) is 0 Å². The van der Waals surface area contributed by atoms with Gasteiger partial charge in [0.1, 0.15) is 22.9 Å². The molecule has 0 bridgehead atoms. The summed E-state index contributed by atoms with van der Waals surface area (Å²) in [5.41, 5.74) is 16.6. The van der Waals surface area contributed by atoms with E-state index in [1.54, 1.807) is 6.20 Å². The molecule has 4 N–H and O–H groups in total. The zero-order valence-corrected chi connectivity index (χ0v) is 14.4. The Bertz CT molecular complexity index is 1070. The molecule has 7 heteroatoms. The van der Waals surface area contributed by atoms with Gasteiger partial charge in [0.25, 0.3) is 0 Å². The van der Waals surface area contributed by atoms with Crippen LogP contribution in [0.25, 0.3) is 28.4 Å². The van der Waals surface area contributed by atoms with Gasteiger partial charge < -0.3 is 11.5 Å². The minimum atomic E-state index is -0.408. The van der Waals surface area contributed by atoms with E-state index in [1.165, 1.54) is 0 Å². The smallest absolute Gasteiger partial charge is 0.146 e. The number of hydrogen-bond acceptors (Lipinski definition) is 6.